The molecule has 92 valence electrons. The number of ether oxygens (including phenoxy) is 1. The molecule has 1 fully saturated rings. The van der Waals surface area contributed by atoms with Crippen molar-refractivity contribution in [2.75, 3.05) is 13.1 Å². The standard InChI is InChI=1S/C13H17NO3/c15-12-6-8-14(9-7-12)13(16)17-10-11-4-2-1-3-5-11/h1-5,12,15H,6-10H2/i6D2,7D2,12D. The Morgan fingerprint density at radius 2 is 2.12 bits per heavy atom. The summed E-state index contributed by atoms with van der Waals surface area (Å²) in [5, 5.41) is 9.78. The molecule has 0 aliphatic carbocycles. The van der Waals surface area contributed by atoms with Crippen molar-refractivity contribution in [2.45, 2.75) is 25.4 Å². The van der Waals surface area contributed by atoms with E-state index >= 15 is 0 Å². The van der Waals surface area contributed by atoms with E-state index in [1.165, 1.54) is 0 Å². The van der Waals surface area contributed by atoms with E-state index in [0.717, 1.165) is 10.5 Å². The number of amides is 1. The highest BCUT2D eigenvalue weighted by Gasteiger charge is 2.22. The minimum absolute atomic E-state index is 0.0205. The second kappa shape index (κ2) is 5.68. The van der Waals surface area contributed by atoms with Gasteiger partial charge in [-0.15, -0.1) is 0 Å². The highest BCUT2D eigenvalue weighted by molar-refractivity contribution is 5.67. The molecule has 0 spiro atoms. The molecular weight excluding hydrogens is 218 g/mol. The van der Waals surface area contributed by atoms with Gasteiger partial charge in [-0.25, -0.2) is 4.79 Å². The minimum atomic E-state index is -2.93. The van der Waals surface area contributed by atoms with Crippen LogP contribution in [0.25, 0.3) is 0 Å². The summed E-state index contributed by atoms with van der Waals surface area (Å²) in [5.41, 5.74) is 0.746. The fourth-order valence-corrected chi connectivity index (χ4v) is 1.40. The molecule has 1 N–H and O–H groups in total. The van der Waals surface area contributed by atoms with Crippen LogP contribution >= 0.6 is 0 Å². The number of rotatable bonds is 2. The molecular formula is C13H17NO3. The van der Waals surface area contributed by atoms with Crippen molar-refractivity contribution >= 4 is 6.09 Å². The number of aliphatic hydroxyl groups is 1. The van der Waals surface area contributed by atoms with E-state index in [0.29, 0.717) is 0 Å². The van der Waals surface area contributed by atoms with Gasteiger partial charge in [-0.2, -0.15) is 0 Å². The largest absolute Gasteiger partial charge is 0.445 e. The van der Waals surface area contributed by atoms with Crippen molar-refractivity contribution in [2.24, 2.45) is 0 Å². The number of hydrogen-bond donors (Lipinski definition) is 1. The SMILES string of the molecule is [2H]C1([2H])CN(C(=O)OCc2ccccc2)CC([2H])([2H])C1([2H])O. The summed E-state index contributed by atoms with van der Waals surface area (Å²) in [4.78, 5) is 12.8. The van der Waals surface area contributed by atoms with Crippen LogP contribution in [0.5, 0.6) is 0 Å². The van der Waals surface area contributed by atoms with Crippen LogP contribution in [0.2, 0.25) is 0 Å². The zero-order chi connectivity index (χ0) is 16.6. The van der Waals surface area contributed by atoms with Gasteiger partial charge in [0, 0.05) is 18.6 Å². The lowest BCUT2D eigenvalue weighted by Crippen LogP contribution is -2.40. The molecule has 2 rings (SSSR count). The maximum Gasteiger partial charge on any atom is 0.410 e. The Bertz CT molecular complexity index is 530. The summed E-state index contributed by atoms with van der Waals surface area (Å²) in [6.07, 6.45) is -9.04. The summed E-state index contributed by atoms with van der Waals surface area (Å²) >= 11 is 0. The monoisotopic (exact) mass is 240 g/mol. The topological polar surface area (TPSA) is 49.8 Å². The maximum absolute atomic E-state index is 12.0. The molecule has 1 aliphatic heterocycles. The number of carbonyl (C=O) groups is 1. The Balaban J connectivity index is 2.05. The third-order valence-electron chi connectivity index (χ3n) is 2.34. The molecule has 1 aromatic rings. The van der Waals surface area contributed by atoms with Crippen molar-refractivity contribution in [3.05, 3.63) is 35.9 Å². The lowest BCUT2D eigenvalue weighted by molar-refractivity contribution is 0.0560. The lowest BCUT2D eigenvalue weighted by Gasteiger charge is -2.28. The van der Waals surface area contributed by atoms with Gasteiger partial charge in [-0.3, -0.25) is 0 Å². The zero-order valence-corrected chi connectivity index (χ0v) is 9.22. The van der Waals surface area contributed by atoms with Crippen LogP contribution in [0.3, 0.4) is 0 Å². The highest BCUT2D eigenvalue weighted by Crippen LogP contribution is 2.11. The highest BCUT2D eigenvalue weighted by atomic mass is 16.6. The Kier molecular flexibility index (Phi) is 2.34. The number of benzene rings is 1. The van der Waals surface area contributed by atoms with Crippen molar-refractivity contribution in [3.63, 3.8) is 0 Å². The fourth-order valence-electron chi connectivity index (χ4n) is 1.40. The summed E-state index contributed by atoms with van der Waals surface area (Å²) in [6.45, 7) is -1.24. The van der Waals surface area contributed by atoms with E-state index < -0.39 is 38.0 Å². The van der Waals surface area contributed by atoms with Gasteiger partial charge in [-0.1, -0.05) is 30.3 Å². The van der Waals surface area contributed by atoms with Crippen LogP contribution in [-0.4, -0.2) is 35.3 Å². The second-order valence-electron chi connectivity index (χ2n) is 3.60. The smallest absolute Gasteiger partial charge is 0.410 e. The lowest BCUT2D eigenvalue weighted by atomic mass is 10.1. The minimum Gasteiger partial charge on any atom is -0.445 e. The van der Waals surface area contributed by atoms with Crippen molar-refractivity contribution in [1.29, 1.82) is 0 Å². The van der Waals surface area contributed by atoms with Gasteiger partial charge in [-0.05, 0) is 18.3 Å². The van der Waals surface area contributed by atoms with E-state index in [2.05, 4.69) is 0 Å². The zero-order valence-electron chi connectivity index (χ0n) is 14.2. The average Bonchev–Trinajstić information content (AvgIpc) is 2.43. The normalized spacial score (nSPS) is 29.0. The molecule has 1 aromatic carbocycles. The molecule has 0 aromatic heterocycles. The number of likely N-dealkylation sites (tertiary alicyclic amines) is 1. The van der Waals surface area contributed by atoms with Crippen LogP contribution in [0, 0.1) is 0 Å². The van der Waals surface area contributed by atoms with Crippen LogP contribution in [0.1, 0.15) is 25.2 Å². The molecule has 1 amide bonds. The summed E-state index contributed by atoms with van der Waals surface area (Å²) < 4.78 is 43.1. The van der Waals surface area contributed by atoms with E-state index in [1.54, 1.807) is 24.3 Å². The molecule has 17 heavy (non-hydrogen) atoms. The second-order valence-corrected chi connectivity index (χ2v) is 3.60. The van der Waals surface area contributed by atoms with Gasteiger partial charge in [0.25, 0.3) is 0 Å². The Hall–Kier alpha value is -1.55. The third kappa shape index (κ3) is 3.46. The molecule has 4 heteroatoms. The average molecular weight is 240 g/mol. The quantitative estimate of drug-likeness (QED) is 0.857. The molecule has 1 heterocycles. The van der Waals surface area contributed by atoms with Crippen LogP contribution < -0.4 is 0 Å². The first kappa shape index (κ1) is 7.01. The number of piperidine rings is 1. The molecule has 0 radical (unpaired) electrons. The first-order chi connectivity index (χ1) is 10.1. The van der Waals surface area contributed by atoms with E-state index in [4.69, 9.17) is 11.6 Å². The Morgan fingerprint density at radius 3 is 2.76 bits per heavy atom. The van der Waals surface area contributed by atoms with Crippen LogP contribution in [-0.2, 0) is 11.3 Å². The summed E-state index contributed by atoms with van der Waals surface area (Å²) in [7, 11) is 0. The molecule has 1 aliphatic rings. The van der Waals surface area contributed by atoms with Gasteiger partial charge in [0.05, 0.1) is 7.45 Å². The van der Waals surface area contributed by atoms with Gasteiger partial charge in [0.2, 0.25) is 0 Å². The molecule has 1 saturated heterocycles. The van der Waals surface area contributed by atoms with Gasteiger partial charge in [0.1, 0.15) is 6.61 Å². The Labute approximate surface area is 108 Å². The van der Waals surface area contributed by atoms with Crippen molar-refractivity contribution < 1.29 is 21.5 Å². The van der Waals surface area contributed by atoms with Crippen molar-refractivity contribution in [3.8, 4) is 0 Å². The summed E-state index contributed by atoms with van der Waals surface area (Å²) in [5.74, 6) is 0. The van der Waals surface area contributed by atoms with Gasteiger partial charge in [0.15, 0.2) is 0 Å². The predicted molar refractivity (Wildman–Crippen MR) is 63.4 cm³/mol. The molecule has 4 nitrogen and oxygen atoms in total. The van der Waals surface area contributed by atoms with E-state index in [-0.39, 0.29) is 6.61 Å². The molecule has 0 atom stereocenters. The van der Waals surface area contributed by atoms with Gasteiger partial charge < -0.3 is 14.7 Å². The summed E-state index contributed by atoms with van der Waals surface area (Å²) in [6, 6.07) is 8.88. The first-order valence-corrected chi connectivity index (χ1v) is 5.25. The fraction of sp³-hybridized carbons (Fsp3) is 0.462. The van der Waals surface area contributed by atoms with E-state index in [1.807, 2.05) is 6.07 Å². The molecule has 0 bridgehead atoms. The Morgan fingerprint density at radius 1 is 1.47 bits per heavy atom. The predicted octanol–water partition coefficient (Wildman–Crippen LogP) is 1.78. The number of nitrogens with zero attached hydrogens (tertiary/aromatic N) is 1. The molecule has 0 saturated carbocycles. The van der Waals surface area contributed by atoms with Gasteiger partial charge >= 0.3 is 6.09 Å². The first-order valence-electron chi connectivity index (χ1n) is 7.75. The third-order valence-corrected chi connectivity index (χ3v) is 2.34. The number of carbonyl (C=O) groups excluding carboxylic acids is 1. The van der Waals surface area contributed by atoms with Crippen molar-refractivity contribution in [1.82, 2.24) is 4.90 Å². The van der Waals surface area contributed by atoms with Crippen LogP contribution in [0.15, 0.2) is 30.3 Å². The van der Waals surface area contributed by atoms with Crippen LogP contribution in [0.4, 0.5) is 4.79 Å². The van der Waals surface area contributed by atoms with E-state index in [9.17, 15) is 9.90 Å². The molecule has 0 unspecified atom stereocenters. The maximum atomic E-state index is 12.0. The number of hydrogen-bond acceptors (Lipinski definition) is 3.